The van der Waals surface area contributed by atoms with Gasteiger partial charge < -0.3 is 10.2 Å². The monoisotopic (exact) mass is 377 g/mol. The van der Waals surface area contributed by atoms with Gasteiger partial charge in [0, 0.05) is 17.1 Å². The zero-order valence-corrected chi connectivity index (χ0v) is 15.4. The molecule has 2 aromatic carbocycles. The number of para-hydroxylation sites is 1. The molecule has 0 aliphatic carbocycles. The number of carbonyl (C=O) groups excluding carboxylic acids is 1. The highest BCUT2D eigenvalue weighted by Gasteiger charge is 2.23. The third kappa shape index (κ3) is 3.97. The molecular weight excluding hydrogens is 358 g/mol. The van der Waals surface area contributed by atoms with E-state index in [1.54, 1.807) is 23.9 Å². The van der Waals surface area contributed by atoms with Crippen molar-refractivity contribution >= 4 is 39.1 Å². The number of primary sulfonamides is 1. The molecule has 25 heavy (non-hydrogen) atoms. The topological polar surface area (TPSA) is 92.5 Å². The van der Waals surface area contributed by atoms with E-state index in [1.807, 2.05) is 35.4 Å². The summed E-state index contributed by atoms with van der Waals surface area (Å²) in [5.41, 5.74) is 2.56. The van der Waals surface area contributed by atoms with Crippen LogP contribution in [-0.4, -0.2) is 33.7 Å². The number of rotatable bonds is 5. The van der Waals surface area contributed by atoms with Crippen LogP contribution in [0.5, 0.6) is 0 Å². The molecule has 0 aromatic heterocycles. The van der Waals surface area contributed by atoms with Crippen LogP contribution >= 0.6 is 11.8 Å². The predicted molar refractivity (Wildman–Crippen MR) is 101 cm³/mol. The van der Waals surface area contributed by atoms with Gasteiger partial charge in [0.15, 0.2) is 0 Å². The maximum Gasteiger partial charge on any atom is 0.243 e. The standard InChI is InChI=1S/C17H19N3O3S2/c1-24-16-5-3-2-4-14(16)19-17(21)11-20-9-8-12-10-13(25(18,22)23)6-7-15(12)20/h2-7,10H,8-9,11H2,1H3,(H,19,21)(H2,18,22,23). The number of hydrogen-bond acceptors (Lipinski definition) is 5. The number of thioether (sulfide) groups is 1. The van der Waals surface area contributed by atoms with E-state index >= 15 is 0 Å². The molecule has 0 saturated carbocycles. The number of nitrogens with zero attached hydrogens (tertiary/aromatic N) is 1. The van der Waals surface area contributed by atoms with Gasteiger partial charge in [-0.1, -0.05) is 12.1 Å². The Bertz CT molecular complexity index is 913. The molecule has 1 aliphatic heterocycles. The van der Waals surface area contributed by atoms with Gasteiger partial charge in [-0.25, -0.2) is 13.6 Å². The Labute approximate surface area is 151 Å². The molecule has 8 heteroatoms. The highest BCUT2D eigenvalue weighted by Crippen LogP contribution is 2.30. The summed E-state index contributed by atoms with van der Waals surface area (Å²) in [5, 5.41) is 8.11. The first-order valence-electron chi connectivity index (χ1n) is 7.72. The first-order valence-corrected chi connectivity index (χ1v) is 10.5. The molecule has 0 bridgehead atoms. The van der Waals surface area contributed by atoms with Crippen LogP contribution in [0.4, 0.5) is 11.4 Å². The predicted octanol–water partition coefficient (Wildman–Crippen LogP) is 2.06. The highest BCUT2D eigenvalue weighted by molar-refractivity contribution is 7.98. The number of carbonyl (C=O) groups is 1. The molecule has 1 heterocycles. The van der Waals surface area contributed by atoms with Crippen LogP contribution in [0, 0.1) is 0 Å². The number of fused-ring (bicyclic) bond motifs is 1. The second-order valence-corrected chi connectivity index (χ2v) is 8.17. The molecule has 0 spiro atoms. The van der Waals surface area contributed by atoms with Gasteiger partial charge in [-0.15, -0.1) is 11.8 Å². The van der Waals surface area contributed by atoms with Crippen molar-refractivity contribution in [1.29, 1.82) is 0 Å². The summed E-state index contributed by atoms with van der Waals surface area (Å²) in [6.45, 7) is 0.880. The molecule has 0 fully saturated rings. The van der Waals surface area contributed by atoms with Gasteiger partial charge >= 0.3 is 0 Å². The molecule has 0 saturated heterocycles. The summed E-state index contributed by atoms with van der Waals surface area (Å²) in [6.07, 6.45) is 2.65. The summed E-state index contributed by atoms with van der Waals surface area (Å²) < 4.78 is 22.9. The normalized spacial score (nSPS) is 13.6. The van der Waals surface area contributed by atoms with Crippen LogP contribution in [0.2, 0.25) is 0 Å². The number of nitrogens with two attached hydrogens (primary N) is 1. The van der Waals surface area contributed by atoms with Crippen LogP contribution in [0.3, 0.4) is 0 Å². The first kappa shape index (κ1) is 17.8. The average molecular weight is 377 g/mol. The molecule has 132 valence electrons. The van der Waals surface area contributed by atoms with Crippen LogP contribution in [-0.2, 0) is 21.2 Å². The summed E-state index contributed by atoms with van der Waals surface area (Å²) in [5.74, 6) is -0.107. The van der Waals surface area contributed by atoms with Crippen molar-refractivity contribution in [3.8, 4) is 0 Å². The largest absolute Gasteiger partial charge is 0.362 e. The average Bonchev–Trinajstić information content (AvgIpc) is 2.96. The molecule has 0 atom stereocenters. The van der Waals surface area contributed by atoms with E-state index in [0.717, 1.165) is 21.8 Å². The Morgan fingerprint density at radius 3 is 2.76 bits per heavy atom. The Morgan fingerprint density at radius 2 is 2.04 bits per heavy atom. The van der Waals surface area contributed by atoms with Crippen LogP contribution in [0.15, 0.2) is 52.3 Å². The molecule has 2 aromatic rings. The molecule has 3 rings (SSSR count). The number of nitrogens with one attached hydrogen (secondary N) is 1. The lowest BCUT2D eigenvalue weighted by atomic mass is 10.2. The van der Waals surface area contributed by atoms with Crippen molar-refractivity contribution < 1.29 is 13.2 Å². The SMILES string of the molecule is CSc1ccccc1NC(=O)CN1CCc2cc(S(N)(=O)=O)ccc21. The van der Waals surface area contributed by atoms with E-state index in [4.69, 9.17) is 5.14 Å². The Morgan fingerprint density at radius 1 is 1.28 bits per heavy atom. The summed E-state index contributed by atoms with van der Waals surface area (Å²) in [6, 6.07) is 12.4. The van der Waals surface area contributed by atoms with Gasteiger partial charge in [-0.05, 0) is 48.6 Å². The van der Waals surface area contributed by atoms with E-state index in [9.17, 15) is 13.2 Å². The first-order chi connectivity index (χ1) is 11.9. The number of sulfonamides is 1. The molecule has 6 nitrogen and oxygen atoms in total. The summed E-state index contributed by atoms with van der Waals surface area (Å²) in [7, 11) is -3.71. The van der Waals surface area contributed by atoms with Gasteiger partial charge in [0.2, 0.25) is 15.9 Å². The van der Waals surface area contributed by atoms with Crippen molar-refractivity contribution in [2.24, 2.45) is 5.14 Å². The third-order valence-corrected chi connectivity index (χ3v) is 5.79. The maximum atomic E-state index is 12.4. The maximum absolute atomic E-state index is 12.4. The molecule has 0 radical (unpaired) electrons. The van der Waals surface area contributed by atoms with E-state index in [1.165, 1.54) is 6.07 Å². The smallest absolute Gasteiger partial charge is 0.243 e. The van der Waals surface area contributed by atoms with Crippen LogP contribution in [0.1, 0.15) is 5.56 Å². The van der Waals surface area contributed by atoms with Gasteiger partial charge in [0.1, 0.15) is 0 Å². The third-order valence-electron chi connectivity index (χ3n) is 4.09. The fourth-order valence-corrected chi connectivity index (χ4v) is 4.02. The molecular formula is C17H19N3O3S2. The van der Waals surface area contributed by atoms with Crippen molar-refractivity contribution in [2.75, 3.05) is 29.6 Å². The van der Waals surface area contributed by atoms with E-state index in [-0.39, 0.29) is 17.3 Å². The number of amides is 1. The zero-order valence-electron chi connectivity index (χ0n) is 13.7. The zero-order chi connectivity index (χ0) is 18.0. The number of hydrogen-bond donors (Lipinski definition) is 2. The van der Waals surface area contributed by atoms with Crippen molar-refractivity contribution in [2.45, 2.75) is 16.2 Å². The minimum Gasteiger partial charge on any atom is -0.362 e. The van der Waals surface area contributed by atoms with Gasteiger partial charge in [-0.3, -0.25) is 4.79 Å². The minimum absolute atomic E-state index is 0.103. The van der Waals surface area contributed by atoms with Crippen LogP contribution in [0.25, 0.3) is 0 Å². The fourth-order valence-electron chi connectivity index (χ4n) is 2.90. The summed E-state index contributed by atoms with van der Waals surface area (Å²) >= 11 is 1.58. The number of benzene rings is 2. The van der Waals surface area contributed by atoms with Gasteiger partial charge in [0.25, 0.3) is 0 Å². The summed E-state index contributed by atoms with van der Waals surface area (Å²) in [4.78, 5) is 15.5. The minimum atomic E-state index is -3.71. The quantitative estimate of drug-likeness (QED) is 0.778. The van der Waals surface area contributed by atoms with Gasteiger partial charge in [-0.2, -0.15) is 0 Å². The van der Waals surface area contributed by atoms with E-state index in [2.05, 4.69) is 5.32 Å². The Balaban J connectivity index is 1.72. The Kier molecular flexibility index (Phi) is 5.03. The highest BCUT2D eigenvalue weighted by atomic mass is 32.2. The lowest BCUT2D eigenvalue weighted by molar-refractivity contribution is -0.115. The van der Waals surface area contributed by atoms with Crippen molar-refractivity contribution in [1.82, 2.24) is 0 Å². The molecule has 1 aliphatic rings. The second-order valence-electron chi connectivity index (χ2n) is 5.76. The molecule has 3 N–H and O–H groups in total. The lowest BCUT2D eigenvalue weighted by Crippen LogP contribution is -2.32. The van der Waals surface area contributed by atoms with E-state index < -0.39 is 10.0 Å². The fraction of sp³-hybridized carbons (Fsp3) is 0.235. The second kappa shape index (κ2) is 7.07. The number of anilines is 2. The van der Waals surface area contributed by atoms with Gasteiger partial charge in [0.05, 0.1) is 17.1 Å². The van der Waals surface area contributed by atoms with Crippen molar-refractivity contribution in [3.05, 3.63) is 48.0 Å². The molecule has 0 unspecified atom stereocenters. The Hall–Kier alpha value is -2.03. The lowest BCUT2D eigenvalue weighted by Gasteiger charge is -2.19. The van der Waals surface area contributed by atoms with Crippen LogP contribution < -0.4 is 15.4 Å². The molecule has 1 amide bonds. The van der Waals surface area contributed by atoms with E-state index in [0.29, 0.717) is 13.0 Å². The van der Waals surface area contributed by atoms with Crippen molar-refractivity contribution in [3.63, 3.8) is 0 Å².